The van der Waals surface area contributed by atoms with Crippen LogP contribution in [0.25, 0.3) is 0 Å². The van der Waals surface area contributed by atoms with Crippen LogP contribution >= 0.6 is 0 Å². The van der Waals surface area contributed by atoms with Crippen molar-refractivity contribution >= 4 is 17.6 Å². The van der Waals surface area contributed by atoms with E-state index in [9.17, 15) is 9.59 Å². The number of benzene rings is 1. The Labute approximate surface area is 125 Å². The highest BCUT2D eigenvalue weighted by molar-refractivity contribution is 5.81. The van der Waals surface area contributed by atoms with Crippen molar-refractivity contribution < 1.29 is 9.59 Å². The summed E-state index contributed by atoms with van der Waals surface area (Å²) in [6, 6.07) is 9.66. The number of piperazine rings is 1. The van der Waals surface area contributed by atoms with Gasteiger partial charge in [-0.3, -0.25) is 4.79 Å². The van der Waals surface area contributed by atoms with Crippen LogP contribution in [0.1, 0.15) is 0 Å². The fourth-order valence-electron chi connectivity index (χ4n) is 2.28. The summed E-state index contributed by atoms with van der Waals surface area (Å²) in [5.41, 5.74) is 0.937. The fourth-order valence-corrected chi connectivity index (χ4v) is 2.28. The van der Waals surface area contributed by atoms with E-state index in [1.54, 1.807) is 28.8 Å². The Balaban J connectivity index is 1.77. The summed E-state index contributed by atoms with van der Waals surface area (Å²) in [7, 11) is 3.48. The standard InChI is InChI=1S/C15H22N4O2/c1-17(2)15(21)19-10-8-18(9-11-19)14(20)12-16-13-6-4-3-5-7-13/h3-7,16H,8-12H2,1-2H3. The van der Waals surface area contributed by atoms with Gasteiger partial charge in [0.2, 0.25) is 5.91 Å². The third kappa shape index (κ3) is 4.11. The highest BCUT2D eigenvalue weighted by Gasteiger charge is 2.24. The number of hydrogen-bond donors (Lipinski definition) is 1. The molecular weight excluding hydrogens is 268 g/mol. The quantitative estimate of drug-likeness (QED) is 0.901. The van der Waals surface area contributed by atoms with Crippen molar-refractivity contribution in [3.05, 3.63) is 30.3 Å². The van der Waals surface area contributed by atoms with E-state index in [1.165, 1.54) is 0 Å². The van der Waals surface area contributed by atoms with Crippen molar-refractivity contribution in [3.8, 4) is 0 Å². The van der Waals surface area contributed by atoms with Crippen LogP contribution in [0.5, 0.6) is 0 Å². The average Bonchev–Trinajstić information content (AvgIpc) is 2.53. The second kappa shape index (κ2) is 6.97. The van der Waals surface area contributed by atoms with Gasteiger partial charge in [-0.05, 0) is 12.1 Å². The summed E-state index contributed by atoms with van der Waals surface area (Å²) in [5, 5.41) is 3.11. The van der Waals surface area contributed by atoms with Gasteiger partial charge in [0, 0.05) is 46.0 Å². The number of nitrogens with zero attached hydrogens (tertiary/aromatic N) is 3. The molecule has 0 aliphatic carbocycles. The molecule has 1 aromatic rings. The molecule has 0 spiro atoms. The summed E-state index contributed by atoms with van der Waals surface area (Å²) in [4.78, 5) is 29.1. The van der Waals surface area contributed by atoms with E-state index in [0.29, 0.717) is 26.2 Å². The second-order valence-corrected chi connectivity index (χ2v) is 5.26. The van der Waals surface area contributed by atoms with Crippen LogP contribution in [0.3, 0.4) is 0 Å². The van der Waals surface area contributed by atoms with Crippen LogP contribution < -0.4 is 5.32 Å². The molecule has 0 aromatic heterocycles. The molecule has 1 aliphatic rings. The first-order chi connectivity index (χ1) is 10.1. The zero-order valence-corrected chi connectivity index (χ0v) is 12.6. The number of urea groups is 1. The molecule has 0 unspecified atom stereocenters. The Hall–Kier alpha value is -2.24. The van der Waals surface area contributed by atoms with E-state index in [4.69, 9.17) is 0 Å². The van der Waals surface area contributed by atoms with Crippen LogP contribution in [0.15, 0.2) is 30.3 Å². The molecule has 1 heterocycles. The lowest BCUT2D eigenvalue weighted by molar-refractivity contribution is -0.130. The summed E-state index contributed by atoms with van der Waals surface area (Å²) < 4.78 is 0. The molecule has 1 aliphatic heterocycles. The van der Waals surface area contributed by atoms with Gasteiger partial charge in [-0.25, -0.2) is 4.79 Å². The predicted octanol–water partition coefficient (Wildman–Crippen LogP) is 0.924. The molecule has 114 valence electrons. The van der Waals surface area contributed by atoms with E-state index in [2.05, 4.69) is 5.32 Å². The van der Waals surface area contributed by atoms with Crippen LogP contribution in [0, 0.1) is 0 Å². The van der Waals surface area contributed by atoms with Gasteiger partial charge in [0.15, 0.2) is 0 Å². The maximum Gasteiger partial charge on any atom is 0.319 e. The smallest absolute Gasteiger partial charge is 0.319 e. The highest BCUT2D eigenvalue weighted by Crippen LogP contribution is 2.07. The number of carbonyl (C=O) groups is 2. The maximum atomic E-state index is 12.1. The third-order valence-electron chi connectivity index (χ3n) is 3.50. The number of hydrogen-bond acceptors (Lipinski definition) is 3. The number of rotatable bonds is 3. The Morgan fingerprint density at radius 1 is 1.05 bits per heavy atom. The van der Waals surface area contributed by atoms with Gasteiger partial charge < -0.3 is 20.0 Å². The number of nitrogens with one attached hydrogen (secondary N) is 1. The van der Waals surface area contributed by atoms with Crippen molar-refractivity contribution in [1.82, 2.24) is 14.7 Å². The molecule has 0 radical (unpaired) electrons. The largest absolute Gasteiger partial charge is 0.376 e. The molecule has 0 bridgehead atoms. The molecule has 0 saturated carbocycles. The first-order valence-corrected chi connectivity index (χ1v) is 7.11. The summed E-state index contributed by atoms with van der Waals surface area (Å²) in [5.74, 6) is 0.0656. The third-order valence-corrected chi connectivity index (χ3v) is 3.50. The molecule has 2 rings (SSSR count). The molecule has 21 heavy (non-hydrogen) atoms. The molecule has 1 fully saturated rings. The van der Waals surface area contributed by atoms with Crippen molar-refractivity contribution in [2.45, 2.75) is 0 Å². The van der Waals surface area contributed by atoms with Crippen LogP contribution in [0.2, 0.25) is 0 Å². The highest BCUT2D eigenvalue weighted by atomic mass is 16.2. The lowest BCUT2D eigenvalue weighted by Gasteiger charge is -2.36. The van der Waals surface area contributed by atoms with E-state index in [1.807, 2.05) is 30.3 Å². The average molecular weight is 290 g/mol. The predicted molar refractivity (Wildman–Crippen MR) is 82.2 cm³/mol. The zero-order chi connectivity index (χ0) is 15.2. The monoisotopic (exact) mass is 290 g/mol. The fraction of sp³-hybridized carbons (Fsp3) is 0.467. The van der Waals surface area contributed by atoms with Crippen LogP contribution in [-0.2, 0) is 4.79 Å². The lowest BCUT2D eigenvalue weighted by atomic mass is 10.3. The van der Waals surface area contributed by atoms with Crippen molar-refractivity contribution in [1.29, 1.82) is 0 Å². The minimum Gasteiger partial charge on any atom is -0.376 e. The Morgan fingerprint density at radius 2 is 1.62 bits per heavy atom. The Morgan fingerprint density at radius 3 is 2.19 bits per heavy atom. The van der Waals surface area contributed by atoms with E-state index in [0.717, 1.165) is 5.69 Å². The molecule has 6 heteroatoms. The van der Waals surface area contributed by atoms with Gasteiger partial charge >= 0.3 is 6.03 Å². The Bertz CT molecular complexity index is 482. The molecule has 3 amide bonds. The normalized spacial score (nSPS) is 14.8. The molecule has 1 aromatic carbocycles. The molecule has 1 N–H and O–H groups in total. The molecule has 6 nitrogen and oxygen atoms in total. The van der Waals surface area contributed by atoms with Gasteiger partial charge in [-0.1, -0.05) is 18.2 Å². The van der Waals surface area contributed by atoms with Crippen molar-refractivity contribution in [3.63, 3.8) is 0 Å². The van der Waals surface area contributed by atoms with Gasteiger partial charge in [0.25, 0.3) is 0 Å². The summed E-state index contributed by atoms with van der Waals surface area (Å²) in [6.07, 6.45) is 0. The topological polar surface area (TPSA) is 55.9 Å². The number of amides is 3. The zero-order valence-electron chi connectivity index (χ0n) is 12.6. The van der Waals surface area contributed by atoms with E-state index < -0.39 is 0 Å². The molecule has 1 saturated heterocycles. The van der Waals surface area contributed by atoms with E-state index in [-0.39, 0.29) is 18.5 Å². The van der Waals surface area contributed by atoms with Gasteiger partial charge in [-0.15, -0.1) is 0 Å². The number of para-hydroxylation sites is 1. The van der Waals surface area contributed by atoms with Crippen molar-refractivity contribution in [2.24, 2.45) is 0 Å². The second-order valence-electron chi connectivity index (χ2n) is 5.26. The summed E-state index contributed by atoms with van der Waals surface area (Å²) in [6.45, 7) is 2.65. The van der Waals surface area contributed by atoms with Gasteiger partial charge in [0.05, 0.1) is 6.54 Å². The summed E-state index contributed by atoms with van der Waals surface area (Å²) >= 11 is 0. The molecular formula is C15H22N4O2. The van der Waals surface area contributed by atoms with Crippen LogP contribution in [-0.4, -0.2) is 73.5 Å². The Kier molecular flexibility index (Phi) is 5.03. The van der Waals surface area contributed by atoms with Crippen LogP contribution in [0.4, 0.5) is 10.5 Å². The number of anilines is 1. The molecule has 0 atom stereocenters. The minimum atomic E-state index is 0.00418. The van der Waals surface area contributed by atoms with Gasteiger partial charge in [-0.2, -0.15) is 0 Å². The lowest BCUT2D eigenvalue weighted by Crippen LogP contribution is -2.53. The number of carbonyl (C=O) groups excluding carboxylic acids is 2. The minimum absolute atomic E-state index is 0.00418. The maximum absolute atomic E-state index is 12.1. The van der Waals surface area contributed by atoms with E-state index >= 15 is 0 Å². The van der Waals surface area contributed by atoms with Crippen molar-refractivity contribution in [2.75, 3.05) is 52.1 Å². The van der Waals surface area contributed by atoms with Gasteiger partial charge in [0.1, 0.15) is 0 Å². The first-order valence-electron chi connectivity index (χ1n) is 7.11. The SMILES string of the molecule is CN(C)C(=O)N1CCN(C(=O)CNc2ccccc2)CC1. The first kappa shape index (κ1) is 15.2.